The van der Waals surface area contributed by atoms with E-state index >= 15 is 0 Å². The Morgan fingerprint density at radius 1 is 0.882 bits per heavy atom. The van der Waals surface area contributed by atoms with Crippen molar-refractivity contribution in [1.29, 1.82) is 0 Å². The Labute approximate surface area is 202 Å². The van der Waals surface area contributed by atoms with Crippen molar-refractivity contribution < 1.29 is 4.79 Å². The van der Waals surface area contributed by atoms with Crippen LogP contribution in [0.2, 0.25) is 0 Å². The monoisotopic (exact) mass is 454 g/mol. The van der Waals surface area contributed by atoms with Crippen molar-refractivity contribution in [1.82, 2.24) is 15.1 Å². The summed E-state index contributed by atoms with van der Waals surface area (Å²) in [6.07, 6.45) is 0. The molecule has 0 bridgehead atoms. The molecule has 1 amide bonds. The zero-order chi connectivity index (χ0) is 23.9. The zero-order valence-corrected chi connectivity index (χ0v) is 20.6. The summed E-state index contributed by atoms with van der Waals surface area (Å²) in [7, 11) is 3.56. The number of carbonyl (C=O) groups excluding carboxylic acids is 1. The van der Waals surface area contributed by atoms with Gasteiger partial charge in [0.25, 0.3) is 5.91 Å². The number of hydrogen-bond acceptors (Lipinski definition) is 4. The Morgan fingerprint density at radius 2 is 1.50 bits per heavy atom. The van der Waals surface area contributed by atoms with Crippen molar-refractivity contribution >= 4 is 17.3 Å². The topological polar surface area (TPSA) is 47.6 Å². The molecule has 0 atom stereocenters. The van der Waals surface area contributed by atoms with Gasteiger partial charge in [-0.25, -0.2) is 0 Å². The van der Waals surface area contributed by atoms with Crippen molar-refractivity contribution in [2.24, 2.45) is 0 Å². The predicted molar refractivity (Wildman–Crippen MR) is 140 cm³/mol. The molecule has 3 aromatic rings. The highest BCUT2D eigenvalue weighted by Crippen LogP contribution is 2.46. The van der Waals surface area contributed by atoms with Gasteiger partial charge in [0.15, 0.2) is 0 Å². The van der Waals surface area contributed by atoms with Crippen LogP contribution in [0.5, 0.6) is 0 Å². The molecule has 5 heteroatoms. The standard InChI is InChI=1S/C29H34N4O/c1-29(2)24-17-20(19-33-15-13-30-14-16-33)5-11-26(24)31-27-12-10-23(18-25(27)29)21-6-8-22(9-7-21)28(34)32(3)4/h5-12,17-18,30-31H,13-16,19H2,1-4H3. The molecule has 5 nitrogen and oxygen atoms in total. The molecule has 5 rings (SSSR count). The van der Waals surface area contributed by atoms with Gasteiger partial charge >= 0.3 is 0 Å². The molecule has 2 aliphatic heterocycles. The second-order valence-corrected chi connectivity index (χ2v) is 10.2. The number of carbonyl (C=O) groups is 1. The van der Waals surface area contributed by atoms with Crippen molar-refractivity contribution in [3.05, 3.63) is 82.9 Å². The van der Waals surface area contributed by atoms with Gasteiger partial charge in [0.05, 0.1) is 0 Å². The quantitative estimate of drug-likeness (QED) is 0.592. The van der Waals surface area contributed by atoms with Gasteiger partial charge in [-0.05, 0) is 58.1 Å². The number of anilines is 2. The van der Waals surface area contributed by atoms with Gasteiger partial charge in [-0.3, -0.25) is 9.69 Å². The molecule has 0 aromatic heterocycles. The second kappa shape index (κ2) is 8.90. The molecular weight excluding hydrogens is 420 g/mol. The van der Waals surface area contributed by atoms with Crippen LogP contribution < -0.4 is 10.6 Å². The summed E-state index contributed by atoms with van der Waals surface area (Å²) in [5, 5.41) is 7.10. The summed E-state index contributed by atoms with van der Waals surface area (Å²) in [5.41, 5.74) is 9.24. The van der Waals surface area contributed by atoms with Crippen LogP contribution in [0.3, 0.4) is 0 Å². The lowest BCUT2D eigenvalue weighted by atomic mass is 9.73. The van der Waals surface area contributed by atoms with Crippen LogP contribution in [0.1, 0.15) is 40.9 Å². The molecule has 0 spiro atoms. The maximum Gasteiger partial charge on any atom is 0.253 e. The Balaban J connectivity index is 1.44. The number of fused-ring (bicyclic) bond motifs is 2. The third-order valence-electron chi connectivity index (χ3n) is 7.21. The SMILES string of the molecule is CN(C)C(=O)c1ccc(-c2ccc3c(c2)C(C)(C)c2cc(CN4CCNCC4)ccc2N3)cc1. The maximum absolute atomic E-state index is 12.3. The number of piperazine rings is 1. The molecule has 0 unspecified atom stereocenters. The summed E-state index contributed by atoms with van der Waals surface area (Å²) in [6.45, 7) is 9.98. The molecule has 2 aliphatic rings. The van der Waals surface area contributed by atoms with E-state index in [0.29, 0.717) is 5.56 Å². The van der Waals surface area contributed by atoms with Crippen LogP contribution in [0.25, 0.3) is 11.1 Å². The first kappa shape index (κ1) is 22.6. The highest BCUT2D eigenvalue weighted by molar-refractivity contribution is 5.94. The van der Waals surface area contributed by atoms with Gasteiger partial charge < -0.3 is 15.5 Å². The number of rotatable bonds is 4. The average Bonchev–Trinajstić information content (AvgIpc) is 2.85. The first-order valence-electron chi connectivity index (χ1n) is 12.1. The van der Waals surface area contributed by atoms with E-state index in [1.165, 1.54) is 22.4 Å². The molecule has 1 fully saturated rings. The minimum absolute atomic E-state index is 0.0237. The summed E-state index contributed by atoms with van der Waals surface area (Å²) in [6, 6.07) is 21.5. The van der Waals surface area contributed by atoms with Crippen molar-refractivity contribution in [3.63, 3.8) is 0 Å². The normalized spacial score (nSPS) is 16.8. The number of nitrogens with one attached hydrogen (secondary N) is 2. The first-order valence-corrected chi connectivity index (χ1v) is 12.1. The first-order chi connectivity index (χ1) is 16.3. The molecule has 34 heavy (non-hydrogen) atoms. The molecule has 3 aromatic carbocycles. The van der Waals surface area contributed by atoms with E-state index in [2.05, 4.69) is 65.8 Å². The molecule has 0 saturated carbocycles. The highest BCUT2D eigenvalue weighted by Gasteiger charge is 2.33. The maximum atomic E-state index is 12.3. The van der Waals surface area contributed by atoms with Gasteiger partial charge in [-0.1, -0.05) is 44.2 Å². The van der Waals surface area contributed by atoms with E-state index in [0.717, 1.165) is 49.5 Å². The lowest BCUT2D eigenvalue weighted by molar-refractivity contribution is 0.0827. The van der Waals surface area contributed by atoms with E-state index in [1.54, 1.807) is 19.0 Å². The van der Waals surface area contributed by atoms with E-state index < -0.39 is 0 Å². The molecule has 0 radical (unpaired) electrons. The predicted octanol–water partition coefficient (Wildman–Crippen LogP) is 4.84. The van der Waals surface area contributed by atoms with Crippen LogP contribution in [-0.4, -0.2) is 56.0 Å². The van der Waals surface area contributed by atoms with Gasteiger partial charge in [0, 0.05) is 69.2 Å². The fourth-order valence-corrected chi connectivity index (χ4v) is 5.15. The minimum Gasteiger partial charge on any atom is -0.355 e. The number of amides is 1. The van der Waals surface area contributed by atoms with E-state index in [9.17, 15) is 4.79 Å². The Morgan fingerprint density at radius 3 is 2.18 bits per heavy atom. The third kappa shape index (κ3) is 4.22. The lowest BCUT2D eigenvalue weighted by Gasteiger charge is -2.37. The van der Waals surface area contributed by atoms with E-state index in [-0.39, 0.29) is 11.3 Å². The van der Waals surface area contributed by atoms with Crippen LogP contribution >= 0.6 is 0 Å². The second-order valence-electron chi connectivity index (χ2n) is 10.2. The third-order valence-corrected chi connectivity index (χ3v) is 7.21. The Bertz CT molecular complexity index is 1210. The fourth-order valence-electron chi connectivity index (χ4n) is 5.15. The van der Waals surface area contributed by atoms with Crippen LogP contribution in [-0.2, 0) is 12.0 Å². The van der Waals surface area contributed by atoms with Gasteiger partial charge in [0.1, 0.15) is 0 Å². The fraction of sp³-hybridized carbons (Fsp3) is 0.345. The number of benzene rings is 3. The number of nitrogens with zero attached hydrogens (tertiary/aromatic N) is 2. The van der Waals surface area contributed by atoms with Gasteiger partial charge in [-0.15, -0.1) is 0 Å². The Kier molecular flexibility index (Phi) is 5.92. The molecule has 1 saturated heterocycles. The number of hydrogen-bond donors (Lipinski definition) is 2. The largest absolute Gasteiger partial charge is 0.355 e. The molecule has 176 valence electrons. The molecule has 2 heterocycles. The van der Waals surface area contributed by atoms with Gasteiger partial charge in [-0.2, -0.15) is 0 Å². The summed E-state index contributed by atoms with van der Waals surface area (Å²) < 4.78 is 0. The van der Waals surface area contributed by atoms with E-state index in [4.69, 9.17) is 0 Å². The highest BCUT2D eigenvalue weighted by atomic mass is 16.2. The van der Waals surface area contributed by atoms with Crippen molar-refractivity contribution in [2.75, 3.05) is 45.6 Å². The minimum atomic E-state index is -0.119. The molecular formula is C29H34N4O. The smallest absolute Gasteiger partial charge is 0.253 e. The molecule has 0 aliphatic carbocycles. The van der Waals surface area contributed by atoms with Crippen molar-refractivity contribution in [3.8, 4) is 11.1 Å². The molecule has 2 N–H and O–H groups in total. The lowest BCUT2D eigenvalue weighted by Crippen LogP contribution is -2.42. The average molecular weight is 455 g/mol. The van der Waals surface area contributed by atoms with Crippen LogP contribution in [0.4, 0.5) is 11.4 Å². The van der Waals surface area contributed by atoms with Crippen LogP contribution in [0, 0.1) is 0 Å². The summed E-state index contributed by atoms with van der Waals surface area (Å²) >= 11 is 0. The Hall–Kier alpha value is -3.15. The summed E-state index contributed by atoms with van der Waals surface area (Å²) in [4.78, 5) is 16.4. The van der Waals surface area contributed by atoms with Crippen LogP contribution in [0.15, 0.2) is 60.7 Å². The zero-order valence-electron chi connectivity index (χ0n) is 20.6. The summed E-state index contributed by atoms with van der Waals surface area (Å²) in [5.74, 6) is 0.0237. The van der Waals surface area contributed by atoms with Gasteiger partial charge in [0.2, 0.25) is 0 Å². The van der Waals surface area contributed by atoms with E-state index in [1.807, 2.05) is 24.3 Å². The van der Waals surface area contributed by atoms with Crippen molar-refractivity contribution in [2.45, 2.75) is 25.8 Å².